The Labute approximate surface area is 72.8 Å². The van der Waals surface area contributed by atoms with Crippen molar-refractivity contribution in [1.29, 1.82) is 0 Å². The molecule has 1 aliphatic rings. The van der Waals surface area contributed by atoms with Gasteiger partial charge in [-0.2, -0.15) is 0 Å². The minimum absolute atomic E-state index is 0.363. The van der Waals surface area contributed by atoms with E-state index in [-0.39, 0.29) is 0 Å². The van der Waals surface area contributed by atoms with Crippen molar-refractivity contribution >= 4 is 11.6 Å². The van der Waals surface area contributed by atoms with Gasteiger partial charge in [0.2, 0.25) is 0 Å². The summed E-state index contributed by atoms with van der Waals surface area (Å²) in [4.78, 5) is 0. The van der Waals surface area contributed by atoms with E-state index in [1.807, 2.05) is 0 Å². The van der Waals surface area contributed by atoms with Crippen LogP contribution in [0.5, 0.6) is 0 Å². The van der Waals surface area contributed by atoms with Gasteiger partial charge in [-0.25, -0.2) is 0 Å². The Morgan fingerprint density at radius 1 is 1.36 bits per heavy atom. The van der Waals surface area contributed by atoms with Gasteiger partial charge in [0.15, 0.2) is 0 Å². The van der Waals surface area contributed by atoms with Gasteiger partial charge in [0.05, 0.1) is 6.10 Å². The van der Waals surface area contributed by atoms with Crippen LogP contribution in [0.4, 0.5) is 0 Å². The van der Waals surface area contributed by atoms with Gasteiger partial charge in [-0.1, -0.05) is 0 Å². The van der Waals surface area contributed by atoms with Crippen LogP contribution < -0.4 is 0 Å². The van der Waals surface area contributed by atoms with Crippen molar-refractivity contribution in [2.45, 2.75) is 30.7 Å². The van der Waals surface area contributed by atoms with Gasteiger partial charge in [0.1, 0.15) is 0 Å². The third-order valence-electron chi connectivity index (χ3n) is 1.88. The lowest BCUT2D eigenvalue weighted by molar-refractivity contribution is -0.00316. The monoisotopic (exact) mass is 178 g/mol. The fourth-order valence-corrected chi connectivity index (χ4v) is 1.49. The number of rotatable bonds is 5. The minimum Gasteiger partial charge on any atom is -0.385 e. The Hall–Kier alpha value is 0.210. The minimum atomic E-state index is 0.363. The zero-order valence-corrected chi connectivity index (χ0v) is 7.64. The van der Waals surface area contributed by atoms with Crippen molar-refractivity contribution in [2.24, 2.45) is 0 Å². The molecule has 0 radical (unpaired) electrons. The van der Waals surface area contributed by atoms with Crippen molar-refractivity contribution < 1.29 is 9.47 Å². The third-order valence-corrected chi connectivity index (χ3v) is 2.24. The highest BCUT2D eigenvalue weighted by atomic mass is 35.5. The van der Waals surface area contributed by atoms with Crippen LogP contribution in [-0.2, 0) is 9.47 Å². The topological polar surface area (TPSA) is 18.5 Å². The lowest BCUT2D eigenvalue weighted by atomic mass is 9.95. The van der Waals surface area contributed by atoms with Crippen LogP contribution in [0, 0.1) is 0 Å². The maximum atomic E-state index is 5.78. The Kier molecular flexibility index (Phi) is 4.20. The average molecular weight is 179 g/mol. The van der Waals surface area contributed by atoms with Gasteiger partial charge < -0.3 is 9.47 Å². The van der Waals surface area contributed by atoms with Crippen LogP contribution in [-0.4, -0.2) is 31.8 Å². The van der Waals surface area contributed by atoms with Gasteiger partial charge in [-0.3, -0.25) is 0 Å². The molecule has 3 heteroatoms. The smallest absolute Gasteiger partial charge is 0.0603 e. The molecule has 0 amide bonds. The van der Waals surface area contributed by atoms with Crippen molar-refractivity contribution in [3.05, 3.63) is 0 Å². The highest BCUT2D eigenvalue weighted by Gasteiger charge is 2.27. The standard InChI is InChI=1S/C8H15ClO2/c1-10-3-2-4-11-8-5-7(9)6-8/h7-8H,2-6H2,1H3. The largest absolute Gasteiger partial charge is 0.385 e. The lowest BCUT2D eigenvalue weighted by Crippen LogP contribution is -2.32. The molecule has 0 atom stereocenters. The zero-order valence-electron chi connectivity index (χ0n) is 6.88. The molecule has 11 heavy (non-hydrogen) atoms. The van der Waals surface area contributed by atoms with Crippen LogP contribution in [0.15, 0.2) is 0 Å². The van der Waals surface area contributed by atoms with Gasteiger partial charge in [0, 0.05) is 25.7 Å². The number of methoxy groups -OCH3 is 1. The second-order valence-electron chi connectivity index (χ2n) is 2.91. The van der Waals surface area contributed by atoms with Gasteiger partial charge in [-0.15, -0.1) is 11.6 Å². The van der Waals surface area contributed by atoms with Crippen LogP contribution in [0.25, 0.3) is 0 Å². The van der Waals surface area contributed by atoms with Crippen molar-refractivity contribution in [3.63, 3.8) is 0 Å². The van der Waals surface area contributed by atoms with Crippen molar-refractivity contribution in [1.82, 2.24) is 0 Å². The molecule has 0 aromatic rings. The van der Waals surface area contributed by atoms with E-state index in [2.05, 4.69) is 0 Å². The van der Waals surface area contributed by atoms with E-state index in [0.29, 0.717) is 11.5 Å². The molecular formula is C8H15ClO2. The van der Waals surface area contributed by atoms with E-state index >= 15 is 0 Å². The fraction of sp³-hybridized carbons (Fsp3) is 1.00. The van der Waals surface area contributed by atoms with Crippen molar-refractivity contribution in [3.8, 4) is 0 Å². The molecule has 1 fully saturated rings. The maximum absolute atomic E-state index is 5.78. The molecule has 0 saturated heterocycles. The second kappa shape index (κ2) is 4.96. The highest BCUT2D eigenvalue weighted by Crippen LogP contribution is 2.27. The van der Waals surface area contributed by atoms with E-state index in [4.69, 9.17) is 21.1 Å². The Bertz CT molecular complexity index is 102. The number of ether oxygens (including phenoxy) is 2. The van der Waals surface area contributed by atoms with Crippen molar-refractivity contribution in [2.75, 3.05) is 20.3 Å². The second-order valence-corrected chi connectivity index (χ2v) is 3.53. The fourth-order valence-electron chi connectivity index (χ4n) is 1.09. The molecule has 0 heterocycles. The van der Waals surface area contributed by atoms with E-state index < -0.39 is 0 Å². The molecule has 66 valence electrons. The zero-order chi connectivity index (χ0) is 8.10. The summed E-state index contributed by atoms with van der Waals surface area (Å²) in [7, 11) is 1.71. The van der Waals surface area contributed by atoms with Gasteiger partial charge >= 0.3 is 0 Å². The first-order valence-corrected chi connectivity index (χ1v) is 4.51. The number of halogens is 1. The molecule has 1 rings (SSSR count). The highest BCUT2D eigenvalue weighted by molar-refractivity contribution is 6.21. The van der Waals surface area contributed by atoms with E-state index in [0.717, 1.165) is 32.5 Å². The van der Waals surface area contributed by atoms with E-state index in [9.17, 15) is 0 Å². The molecule has 1 aliphatic carbocycles. The number of hydrogen-bond donors (Lipinski definition) is 0. The molecular weight excluding hydrogens is 164 g/mol. The van der Waals surface area contributed by atoms with Gasteiger partial charge in [0.25, 0.3) is 0 Å². The summed E-state index contributed by atoms with van der Waals surface area (Å²) in [6.45, 7) is 1.60. The van der Waals surface area contributed by atoms with E-state index in [1.165, 1.54) is 0 Å². The van der Waals surface area contributed by atoms with Gasteiger partial charge in [-0.05, 0) is 19.3 Å². The predicted molar refractivity (Wildman–Crippen MR) is 45.1 cm³/mol. The normalized spacial score (nSPS) is 30.0. The summed E-state index contributed by atoms with van der Waals surface area (Å²) >= 11 is 5.78. The predicted octanol–water partition coefficient (Wildman–Crippen LogP) is 1.81. The summed E-state index contributed by atoms with van der Waals surface area (Å²) in [5, 5.41) is 0.363. The molecule has 0 aromatic carbocycles. The summed E-state index contributed by atoms with van der Waals surface area (Å²) < 4.78 is 10.4. The summed E-state index contributed by atoms with van der Waals surface area (Å²) in [5.41, 5.74) is 0. The summed E-state index contributed by atoms with van der Waals surface area (Å²) in [6, 6.07) is 0. The Balaban J connectivity index is 1.81. The Morgan fingerprint density at radius 3 is 2.64 bits per heavy atom. The Morgan fingerprint density at radius 2 is 2.09 bits per heavy atom. The van der Waals surface area contributed by atoms with Crippen LogP contribution in [0.2, 0.25) is 0 Å². The van der Waals surface area contributed by atoms with Crippen LogP contribution in [0.3, 0.4) is 0 Å². The summed E-state index contributed by atoms with van der Waals surface area (Å²) in [6.07, 6.45) is 3.46. The number of alkyl halides is 1. The van der Waals surface area contributed by atoms with E-state index in [1.54, 1.807) is 7.11 Å². The lowest BCUT2D eigenvalue weighted by Gasteiger charge is -2.30. The first-order chi connectivity index (χ1) is 5.33. The molecule has 1 saturated carbocycles. The van der Waals surface area contributed by atoms with Crippen LogP contribution in [0.1, 0.15) is 19.3 Å². The molecule has 0 aliphatic heterocycles. The molecule has 0 N–H and O–H groups in total. The average Bonchev–Trinajstić information content (AvgIpc) is 1.94. The summed E-state index contributed by atoms with van der Waals surface area (Å²) in [5.74, 6) is 0. The first kappa shape index (κ1) is 9.30. The molecule has 0 bridgehead atoms. The number of hydrogen-bond acceptors (Lipinski definition) is 2. The quantitative estimate of drug-likeness (QED) is 0.472. The maximum Gasteiger partial charge on any atom is 0.0603 e. The SMILES string of the molecule is COCCCOC1CC(Cl)C1. The molecule has 2 nitrogen and oxygen atoms in total. The molecule has 0 spiro atoms. The first-order valence-electron chi connectivity index (χ1n) is 4.07. The van der Waals surface area contributed by atoms with Crippen LogP contribution >= 0.6 is 11.6 Å². The third kappa shape index (κ3) is 3.41. The molecule has 0 unspecified atom stereocenters. The molecule has 0 aromatic heterocycles.